The van der Waals surface area contributed by atoms with Crippen LogP contribution >= 0.6 is 0 Å². The van der Waals surface area contributed by atoms with Gasteiger partial charge in [-0.05, 0) is 48.4 Å². The molecule has 3 aromatic rings. The highest BCUT2D eigenvalue weighted by Crippen LogP contribution is 2.21. The van der Waals surface area contributed by atoms with Crippen molar-refractivity contribution in [2.24, 2.45) is 5.92 Å². The van der Waals surface area contributed by atoms with E-state index < -0.39 is 5.92 Å². The number of carbonyl (C=O) groups is 1. The van der Waals surface area contributed by atoms with Crippen molar-refractivity contribution in [3.63, 3.8) is 0 Å². The Morgan fingerprint density at radius 1 is 1.38 bits per heavy atom. The van der Waals surface area contributed by atoms with Crippen molar-refractivity contribution in [2.75, 3.05) is 12.4 Å². The molecule has 6 heteroatoms. The fraction of sp³-hybridized carbons (Fsp3) is 0.167. The second-order valence-electron chi connectivity index (χ2n) is 5.32. The molecular weight excluding hydrogens is 304 g/mol. The Kier molecular flexibility index (Phi) is 4.43. The molecule has 3 rings (SSSR count). The molecule has 2 N–H and O–H groups in total. The molecule has 6 nitrogen and oxygen atoms in total. The number of rotatable bonds is 5. The van der Waals surface area contributed by atoms with E-state index in [1.807, 2.05) is 12.1 Å². The van der Waals surface area contributed by atoms with E-state index in [2.05, 4.69) is 21.4 Å². The van der Waals surface area contributed by atoms with Gasteiger partial charge in [-0.3, -0.25) is 4.79 Å². The molecule has 0 aliphatic carbocycles. The number of anilines is 1. The number of methoxy groups -OCH3 is 1. The van der Waals surface area contributed by atoms with Gasteiger partial charge in [0.2, 0.25) is 5.91 Å². The van der Waals surface area contributed by atoms with E-state index in [1.54, 1.807) is 43.8 Å². The maximum absolute atomic E-state index is 12.4. The topological polar surface area (TPSA) is 90.8 Å². The molecule has 0 radical (unpaired) electrons. The third-order valence-corrected chi connectivity index (χ3v) is 3.79. The van der Waals surface area contributed by atoms with Gasteiger partial charge in [-0.25, -0.2) is 4.98 Å². The predicted molar refractivity (Wildman–Crippen MR) is 90.5 cm³/mol. The van der Waals surface area contributed by atoms with Gasteiger partial charge in [0.1, 0.15) is 17.3 Å². The molecule has 0 aliphatic heterocycles. The summed E-state index contributed by atoms with van der Waals surface area (Å²) in [6.45, 7) is 0. The molecular formula is C18H16N4O2. The number of benzene rings is 1. The molecule has 0 unspecified atom stereocenters. The second kappa shape index (κ2) is 6.84. The van der Waals surface area contributed by atoms with Crippen LogP contribution < -0.4 is 10.1 Å². The first-order chi connectivity index (χ1) is 11.7. The summed E-state index contributed by atoms with van der Waals surface area (Å²) < 4.78 is 5.08. The van der Waals surface area contributed by atoms with Crippen LogP contribution in [0.25, 0.3) is 11.0 Å². The Morgan fingerprint density at radius 3 is 2.88 bits per heavy atom. The summed E-state index contributed by atoms with van der Waals surface area (Å²) in [5.74, 6) is -0.414. The number of hydrogen-bond acceptors (Lipinski definition) is 4. The van der Waals surface area contributed by atoms with Crippen molar-refractivity contribution in [3.8, 4) is 11.8 Å². The Morgan fingerprint density at radius 2 is 2.17 bits per heavy atom. The Hall–Kier alpha value is -3.33. The smallest absolute Gasteiger partial charge is 0.242 e. The zero-order valence-electron chi connectivity index (χ0n) is 13.1. The van der Waals surface area contributed by atoms with Crippen LogP contribution in [-0.2, 0) is 11.2 Å². The second-order valence-corrected chi connectivity index (χ2v) is 5.32. The highest BCUT2D eigenvalue weighted by molar-refractivity contribution is 5.94. The SMILES string of the molecule is COc1ccc(NC(=O)[C@H](C#N)Cc2c[nH]c3ncccc23)cc1. The average molecular weight is 320 g/mol. The Labute approximate surface area is 139 Å². The van der Waals surface area contributed by atoms with Crippen LogP contribution in [0.1, 0.15) is 5.56 Å². The molecule has 0 saturated carbocycles. The summed E-state index contributed by atoms with van der Waals surface area (Å²) >= 11 is 0. The summed E-state index contributed by atoms with van der Waals surface area (Å²) in [7, 11) is 1.58. The Bertz CT molecular complexity index is 893. The van der Waals surface area contributed by atoms with Gasteiger partial charge in [-0.15, -0.1) is 0 Å². The lowest BCUT2D eigenvalue weighted by molar-refractivity contribution is -0.118. The highest BCUT2D eigenvalue weighted by atomic mass is 16.5. The number of H-pyrrole nitrogens is 1. The average Bonchev–Trinajstić information content (AvgIpc) is 3.03. The third kappa shape index (κ3) is 3.20. The van der Waals surface area contributed by atoms with Crippen LogP contribution in [0.15, 0.2) is 48.8 Å². The van der Waals surface area contributed by atoms with Crippen LogP contribution in [0.3, 0.4) is 0 Å². The number of pyridine rings is 1. The van der Waals surface area contributed by atoms with Crippen LogP contribution in [0.5, 0.6) is 5.75 Å². The van der Waals surface area contributed by atoms with Gasteiger partial charge in [-0.1, -0.05) is 0 Å². The highest BCUT2D eigenvalue weighted by Gasteiger charge is 2.20. The van der Waals surface area contributed by atoms with Crippen LogP contribution in [0.2, 0.25) is 0 Å². The summed E-state index contributed by atoms with van der Waals surface area (Å²) in [6, 6.07) is 12.8. The standard InChI is InChI=1S/C18H16N4O2/c1-24-15-6-4-14(5-7-15)22-18(23)12(10-19)9-13-11-21-17-16(13)3-2-8-20-17/h2-8,11-12H,9H2,1H3,(H,20,21)(H,22,23)/t12-/m0/s1. The first-order valence-electron chi connectivity index (χ1n) is 7.47. The van der Waals surface area contributed by atoms with Gasteiger partial charge < -0.3 is 15.0 Å². The monoisotopic (exact) mass is 320 g/mol. The lowest BCUT2D eigenvalue weighted by Gasteiger charge is -2.10. The summed E-state index contributed by atoms with van der Waals surface area (Å²) in [6.07, 6.45) is 3.81. The molecule has 0 bridgehead atoms. The number of nitrogens with zero attached hydrogens (tertiary/aromatic N) is 2. The number of amides is 1. The van der Waals surface area contributed by atoms with Gasteiger partial charge >= 0.3 is 0 Å². The Balaban J connectivity index is 1.73. The number of hydrogen-bond donors (Lipinski definition) is 2. The van der Waals surface area contributed by atoms with Crippen LogP contribution in [0.4, 0.5) is 5.69 Å². The largest absolute Gasteiger partial charge is 0.497 e. The fourth-order valence-electron chi connectivity index (χ4n) is 2.50. The molecule has 0 saturated heterocycles. The first-order valence-corrected chi connectivity index (χ1v) is 7.47. The van der Waals surface area contributed by atoms with E-state index in [1.165, 1.54) is 0 Å². The van der Waals surface area contributed by atoms with Crippen molar-refractivity contribution in [2.45, 2.75) is 6.42 Å². The van der Waals surface area contributed by atoms with E-state index >= 15 is 0 Å². The molecule has 2 aromatic heterocycles. The maximum Gasteiger partial charge on any atom is 0.242 e. The molecule has 24 heavy (non-hydrogen) atoms. The normalized spacial score (nSPS) is 11.7. The summed E-state index contributed by atoms with van der Waals surface area (Å²) in [4.78, 5) is 19.6. The number of aromatic amines is 1. The molecule has 0 aliphatic rings. The van der Waals surface area contributed by atoms with Crippen molar-refractivity contribution in [3.05, 3.63) is 54.4 Å². The number of nitriles is 1. The number of ether oxygens (including phenoxy) is 1. The number of aromatic nitrogens is 2. The van der Waals surface area contributed by atoms with Gasteiger partial charge in [0, 0.05) is 23.5 Å². The number of nitrogens with one attached hydrogen (secondary N) is 2. The van der Waals surface area contributed by atoms with Crippen LogP contribution in [-0.4, -0.2) is 23.0 Å². The van der Waals surface area contributed by atoms with E-state index in [4.69, 9.17) is 4.74 Å². The number of fused-ring (bicyclic) bond motifs is 1. The van der Waals surface area contributed by atoms with E-state index in [0.29, 0.717) is 17.9 Å². The van der Waals surface area contributed by atoms with Gasteiger partial charge in [-0.2, -0.15) is 5.26 Å². The molecule has 0 fully saturated rings. The minimum absolute atomic E-state index is 0.324. The predicted octanol–water partition coefficient (Wildman–Crippen LogP) is 2.89. The lowest BCUT2D eigenvalue weighted by atomic mass is 10.00. The minimum atomic E-state index is -0.786. The number of carbonyl (C=O) groups excluding carboxylic acids is 1. The minimum Gasteiger partial charge on any atom is -0.497 e. The molecule has 1 aromatic carbocycles. The van der Waals surface area contributed by atoms with Gasteiger partial charge in [0.15, 0.2) is 0 Å². The van der Waals surface area contributed by atoms with Gasteiger partial charge in [0.05, 0.1) is 13.2 Å². The lowest BCUT2D eigenvalue weighted by Crippen LogP contribution is -2.23. The summed E-state index contributed by atoms with van der Waals surface area (Å²) in [5.41, 5.74) is 2.27. The fourth-order valence-corrected chi connectivity index (χ4v) is 2.50. The summed E-state index contributed by atoms with van der Waals surface area (Å²) in [5, 5.41) is 13.1. The van der Waals surface area contributed by atoms with Gasteiger partial charge in [0.25, 0.3) is 0 Å². The van der Waals surface area contributed by atoms with E-state index in [-0.39, 0.29) is 5.91 Å². The van der Waals surface area contributed by atoms with Crippen molar-refractivity contribution in [1.82, 2.24) is 9.97 Å². The zero-order chi connectivity index (χ0) is 16.9. The van der Waals surface area contributed by atoms with Crippen molar-refractivity contribution in [1.29, 1.82) is 5.26 Å². The molecule has 1 amide bonds. The molecule has 2 heterocycles. The van der Waals surface area contributed by atoms with E-state index in [0.717, 1.165) is 16.6 Å². The first kappa shape index (κ1) is 15.6. The van der Waals surface area contributed by atoms with Crippen molar-refractivity contribution >= 4 is 22.6 Å². The van der Waals surface area contributed by atoms with Crippen LogP contribution in [0, 0.1) is 17.2 Å². The van der Waals surface area contributed by atoms with Crippen molar-refractivity contribution < 1.29 is 9.53 Å². The van der Waals surface area contributed by atoms with E-state index in [9.17, 15) is 10.1 Å². The molecule has 1 atom stereocenters. The quantitative estimate of drug-likeness (QED) is 0.756. The third-order valence-electron chi connectivity index (χ3n) is 3.79. The molecule has 0 spiro atoms. The zero-order valence-corrected chi connectivity index (χ0v) is 13.1. The maximum atomic E-state index is 12.4. The molecule has 120 valence electrons.